The first-order chi connectivity index (χ1) is 8.66. The quantitative estimate of drug-likeness (QED) is 0.818. The first-order valence-corrected chi connectivity index (χ1v) is 7.08. The first-order valence-electron chi connectivity index (χ1n) is 5.93. The first kappa shape index (κ1) is 11.6. The van der Waals surface area contributed by atoms with E-state index in [9.17, 15) is 4.79 Å². The van der Waals surface area contributed by atoms with E-state index < -0.39 is 0 Å². The van der Waals surface area contributed by atoms with Crippen LogP contribution in [0.15, 0.2) is 11.0 Å². The number of nitrogens with one attached hydrogen (secondary N) is 1. The lowest BCUT2D eigenvalue weighted by molar-refractivity contribution is 0.675. The predicted octanol–water partition coefficient (Wildman–Crippen LogP) is 0.598. The summed E-state index contributed by atoms with van der Waals surface area (Å²) in [6.07, 6.45) is 1.56. The summed E-state index contributed by atoms with van der Waals surface area (Å²) in [4.78, 5) is 21.5. The molecular formula is C11H15N5OS. The van der Waals surface area contributed by atoms with Crippen LogP contribution in [-0.2, 0) is 7.05 Å². The van der Waals surface area contributed by atoms with E-state index in [2.05, 4.69) is 26.9 Å². The van der Waals surface area contributed by atoms with Crippen LogP contribution in [0.5, 0.6) is 0 Å². The zero-order valence-electron chi connectivity index (χ0n) is 10.4. The molecule has 0 spiro atoms. The maximum absolute atomic E-state index is 12.0. The lowest BCUT2D eigenvalue weighted by Gasteiger charge is -2.33. The fourth-order valence-electron chi connectivity index (χ4n) is 2.20. The molecule has 2 aromatic rings. The zero-order valence-corrected chi connectivity index (χ0v) is 11.2. The number of fused-ring (bicyclic) bond motifs is 1. The van der Waals surface area contributed by atoms with Gasteiger partial charge in [-0.25, -0.2) is 0 Å². The third-order valence-corrected chi connectivity index (χ3v) is 4.42. The molecule has 0 radical (unpaired) electrons. The minimum atomic E-state index is -0.117. The highest BCUT2D eigenvalue weighted by atomic mass is 32.2. The molecule has 3 heterocycles. The van der Waals surface area contributed by atoms with Gasteiger partial charge in [0.1, 0.15) is 5.39 Å². The van der Waals surface area contributed by atoms with Crippen molar-refractivity contribution in [2.75, 3.05) is 23.0 Å². The Morgan fingerprint density at radius 2 is 2.39 bits per heavy atom. The maximum Gasteiger partial charge on any atom is 0.263 e. The Morgan fingerprint density at radius 1 is 1.56 bits per heavy atom. The molecule has 1 N–H and O–H groups in total. The van der Waals surface area contributed by atoms with Crippen LogP contribution < -0.4 is 10.5 Å². The number of hydrogen-bond acceptors (Lipinski definition) is 5. The minimum absolute atomic E-state index is 0.117. The van der Waals surface area contributed by atoms with Crippen LogP contribution in [0.3, 0.4) is 0 Å². The third kappa shape index (κ3) is 1.78. The lowest BCUT2D eigenvalue weighted by atomic mass is 10.3. The molecule has 0 amide bonds. The van der Waals surface area contributed by atoms with Gasteiger partial charge in [0.15, 0.2) is 5.65 Å². The monoisotopic (exact) mass is 265 g/mol. The molecule has 1 atom stereocenters. The second kappa shape index (κ2) is 4.31. The van der Waals surface area contributed by atoms with Crippen LogP contribution in [0.25, 0.3) is 11.0 Å². The van der Waals surface area contributed by atoms with Crippen molar-refractivity contribution >= 4 is 28.7 Å². The topological polar surface area (TPSA) is 66.8 Å². The third-order valence-electron chi connectivity index (χ3n) is 3.23. The summed E-state index contributed by atoms with van der Waals surface area (Å²) in [6, 6.07) is 0.387. The summed E-state index contributed by atoms with van der Waals surface area (Å²) >= 11 is 1.94. The van der Waals surface area contributed by atoms with E-state index >= 15 is 0 Å². The van der Waals surface area contributed by atoms with Crippen molar-refractivity contribution in [1.82, 2.24) is 19.7 Å². The number of rotatable bonds is 1. The number of nitrogens with zero attached hydrogens (tertiary/aromatic N) is 4. The molecule has 6 nitrogen and oxygen atoms in total. The summed E-state index contributed by atoms with van der Waals surface area (Å²) in [6.45, 7) is 3.07. The van der Waals surface area contributed by atoms with Crippen molar-refractivity contribution in [2.45, 2.75) is 13.0 Å². The van der Waals surface area contributed by atoms with E-state index in [0.717, 1.165) is 18.1 Å². The molecule has 3 rings (SSSR count). The molecule has 1 saturated heterocycles. The highest BCUT2D eigenvalue weighted by molar-refractivity contribution is 7.99. The van der Waals surface area contributed by atoms with Crippen LogP contribution in [0.4, 0.5) is 5.95 Å². The molecule has 0 unspecified atom stereocenters. The summed E-state index contributed by atoms with van der Waals surface area (Å²) in [7, 11) is 1.80. The number of thioether (sulfide) groups is 1. The van der Waals surface area contributed by atoms with Gasteiger partial charge in [0, 0.05) is 31.1 Å². The maximum atomic E-state index is 12.0. The SMILES string of the molecule is C[C@H]1CSCCN1c1nc2c(cnn2C)c(=O)[nH]1. The molecular weight excluding hydrogens is 250 g/mol. The van der Waals surface area contributed by atoms with Crippen molar-refractivity contribution in [2.24, 2.45) is 7.05 Å². The Balaban J connectivity index is 2.11. The molecule has 7 heteroatoms. The molecule has 2 aromatic heterocycles. The summed E-state index contributed by atoms with van der Waals surface area (Å²) < 4.78 is 1.64. The van der Waals surface area contributed by atoms with Gasteiger partial charge in [-0.2, -0.15) is 21.8 Å². The van der Waals surface area contributed by atoms with Crippen LogP contribution in [0.1, 0.15) is 6.92 Å². The second-order valence-electron chi connectivity index (χ2n) is 4.51. The molecule has 18 heavy (non-hydrogen) atoms. The molecule has 0 aliphatic carbocycles. The van der Waals surface area contributed by atoms with Gasteiger partial charge in [-0.15, -0.1) is 0 Å². The summed E-state index contributed by atoms with van der Waals surface area (Å²) in [5, 5.41) is 4.62. The van der Waals surface area contributed by atoms with Gasteiger partial charge in [-0.3, -0.25) is 14.5 Å². The molecule has 1 aliphatic heterocycles. The summed E-state index contributed by atoms with van der Waals surface area (Å²) in [5.74, 6) is 2.79. The van der Waals surface area contributed by atoms with Gasteiger partial charge in [-0.05, 0) is 6.92 Å². The molecule has 96 valence electrons. The van der Waals surface area contributed by atoms with Crippen molar-refractivity contribution in [3.05, 3.63) is 16.6 Å². The van der Waals surface area contributed by atoms with Crippen molar-refractivity contribution in [1.29, 1.82) is 0 Å². The van der Waals surface area contributed by atoms with E-state index in [1.54, 1.807) is 17.9 Å². The zero-order chi connectivity index (χ0) is 12.7. The van der Waals surface area contributed by atoms with Crippen LogP contribution in [0, 0.1) is 0 Å². The standard InChI is InChI=1S/C11H15N5OS/c1-7-6-18-4-3-16(7)11-13-9-8(10(17)14-11)5-12-15(9)2/h5,7H,3-4,6H2,1-2H3,(H,13,14,17)/t7-/m0/s1. The number of aromatic nitrogens is 4. The Morgan fingerprint density at radius 3 is 3.17 bits per heavy atom. The number of aryl methyl sites for hydroxylation is 1. The normalized spacial score (nSPS) is 20.6. The van der Waals surface area contributed by atoms with E-state index in [4.69, 9.17) is 0 Å². The molecule has 1 fully saturated rings. The number of aromatic amines is 1. The van der Waals surface area contributed by atoms with E-state index in [0.29, 0.717) is 23.0 Å². The summed E-state index contributed by atoms with van der Waals surface area (Å²) in [5.41, 5.74) is 0.521. The van der Waals surface area contributed by atoms with Gasteiger partial charge in [-0.1, -0.05) is 0 Å². The van der Waals surface area contributed by atoms with Crippen LogP contribution in [0.2, 0.25) is 0 Å². The average molecular weight is 265 g/mol. The van der Waals surface area contributed by atoms with Crippen LogP contribution >= 0.6 is 11.8 Å². The van der Waals surface area contributed by atoms with Gasteiger partial charge in [0.25, 0.3) is 5.56 Å². The molecule has 0 aromatic carbocycles. The lowest BCUT2D eigenvalue weighted by Crippen LogP contribution is -2.42. The molecule has 1 aliphatic rings. The smallest absolute Gasteiger partial charge is 0.263 e. The predicted molar refractivity (Wildman–Crippen MR) is 73.3 cm³/mol. The van der Waals surface area contributed by atoms with Gasteiger partial charge in [0.2, 0.25) is 5.95 Å². The second-order valence-corrected chi connectivity index (χ2v) is 5.66. The Bertz CT molecular complexity index is 634. The number of H-pyrrole nitrogens is 1. The van der Waals surface area contributed by atoms with E-state index in [-0.39, 0.29) is 5.56 Å². The van der Waals surface area contributed by atoms with Gasteiger partial charge >= 0.3 is 0 Å². The number of anilines is 1. The number of hydrogen-bond donors (Lipinski definition) is 1. The largest absolute Gasteiger partial charge is 0.338 e. The highest BCUT2D eigenvalue weighted by Gasteiger charge is 2.22. The van der Waals surface area contributed by atoms with Crippen molar-refractivity contribution < 1.29 is 0 Å². The van der Waals surface area contributed by atoms with Crippen LogP contribution in [-0.4, -0.2) is 43.8 Å². The molecule has 0 bridgehead atoms. The van der Waals surface area contributed by atoms with Gasteiger partial charge < -0.3 is 4.90 Å². The van der Waals surface area contributed by atoms with E-state index in [1.165, 1.54) is 0 Å². The minimum Gasteiger partial charge on any atom is -0.338 e. The fraction of sp³-hybridized carbons (Fsp3) is 0.545. The molecule has 0 saturated carbocycles. The van der Waals surface area contributed by atoms with Gasteiger partial charge in [0.05, 0.1) is 6.20 Å². The van der Waals surface area contributed by atoms with Crippen molar-refractivity contribution in [3.63, 3.8) is 0 Å². The Hall–Kier alpha value is -1.50. The Kier molecular flexibility index (Phi) is 2.77. The average Bonchev–Trinajstić information content (AvgIpc) is 2.72. The van der Waals surface area contributed by atoms with E-state index in [1.807, 2.05) is 11.8 Å². The highest BCUT2D eigenvalue weighted by Crippen LogP contribution is 2.20. The van der Waals surface area contributed by atoms with Crippen molar-refractivity contribution in [3.8, 4) is 0 Å². The Labute approximate surface area is 108 Å². The fourth-order valence-corrected chi connectivity index (χ4v) is 3.21.